The van der Waals surface area contributed by atoms with Crippen LogP contribution in [0.3, 0.4) is 0 Å². The van der Waals surface area contributed by atoms with Crippen molar-refractivity contribution in [3.05, 3.63) is 0 Å². The van der Waals surface area contributed by atoms with Gasteiger partial charge in [0.1, 0.15) is 0 Å². The molecule has 6 rings (SSSR count). The van der Waals surface area contributed by atoms with Gasteiger partial charge in [-0.2, -0.15) is 0 Å². The molecule has 0 radical (unpaired) electrons. The molecule has 6 fully saturated rings. The van der Waals surface area contributed by atoms with E-state index >= 15 is 0 Å². The molecule has 6 saturated carbocycles. The maximum Gasteiger partial charge on any atom is -0.0355 e. The van der Waals surface area contributed by atoms with Crippen LogP contribution in [0.15, 0.2) is 0 Å². The summed E-state index contributed by atoms with van der Waals surface area (Å²) in [7, 11) is 0. The molecular formula is C28H46. The molecule has 0 heterocycles. The number of hydrogen-bond donors (Lipinski definition) is 0. The first-order valence-electron chi connectivity index (χ1n) is 13.7. The Hall–Kier alpha value is 0. The van der Waals surface area contributed by atoms with Crippen LogP contribution in [0.2, 0.25) is 0 Å². The lowest BCUT2D eigenvalue weighted by atomic mass is 9.69. The minimum Gasteiger partial charge on any atom is -0.0651 e. The van der Waals surface area contributed by atoms with Crippen molar-refractivity contribution in [1.29, 1.82) is 0 Å². The largest absolute Gasteiger partial charge is 0.0651 e. The van der Waals surface area contributed by atoms with Gasteiger partial charge in [0.25, 0.3) is 0 Å². The van der Waals surface area contributed by atoms with E-state index in [0.29, 0.717) is 0 Å². The second-order valence-electron chi connectivity index (χ2n) is 12.7. The van der Waals surface area contributed by atoms with Gasteiger partial charge in [0, 0.05) is 0 Å². The quantitative estimate of drug-likeness (QED) is 0.419. The van der Waals surface area contributed by atoms with E-state index in [9.17, 15) is 0 Å². The second-order valence-corrected chi connectivity index (χ2v) is 12.7. The van der Waals surface area contributed by atoms with Crippen molar-refractivity contribution in [2.24, 2.45) is 71.0 Å². The highest BCUT2D eigenvalue weighted by Gasteiger charge is 2.51. The predicted molar refractivity (Wildman–Crippen MR) is 118 cm³/mol. The molecule has 0 aliphatic heterocycles. The fourth-order valence-electron chi connectivity index (χ4n) is 11.0. The normalized spacial score (nSPS) is 56.4. The molecule has 0 aromatic heterocycles. The summed E-state index contributed by atoms with van der Waals surface area (Å²) in [5, 5.41) is 0. The third-order valence-electron chi connectivity index (χ3n) is 12.2. The minimum atomic E-state index is 1.06. The summed E-state index contributed by atoms with van der Waals surface area (Å²) in [6, 6.07) is 0. The zero-order valence-corrected chi connectivity index (χ0v) is 18.8. The predicted octanol–water partition coefficient (Wildman–Crippen LogP) is 7.96. The number of hydrogen-bond acceptors (Lipinski definition) is 0. The lowest BCUT2D eigenvalue weighted by Crippen LogP contribution is -2.28. The fraction of sp³-hybridized carbons (Fsp3) is 1.00. The Morgan fingerprint density at radius 2 is 0.821 bits per heavy atom. The van der Waals surface area contributed by atoms with Crippen LogP contribution in [-0.4, -0.2) is 0 Å². The minimum absolute atomic E-state index is 1.06. The van der Waals surface area contributed by atoms with E-state index in [1.54, 1.807) is 83.5 Å². The van der Waals surface area contributed by atoms with Crippen molar-refractivity contribution in [1.82, 2.24) is 0 Å². The molecule has 158 valence electrons. The first-order valence-corrected chi connectivity index (χ1v) is 13.7. The van der Waals surface area contributed by atoms with Gasteiger partial charge in [-0.3, -0.25) is 0 Å². The summed E-state index contributed by atoms with van der Waals surface area (Å²) in [4.78, 5) is 0. The lowest BCUT2D eigenvalue weighted by molar-refractivity contribution is 0.133. The van der Waals surface area contributed by atoms with E-state index in [2.05, 4.69) is 13.8 Å². The maximum atomic E-state index is 2.62. The third kappa shape index (κ3) is 2.89. The molecule has 0 amide bonds. The van der Waals surface area contributed by atoms with Crippen molar-refractivity contribution >= 4 is 0 Å². The van der Waals surface area contributed by atoms with Crippen LogP contribution in [0.4, 0.5) is 0 Å². The summed E-state index contributed by atoms with van der Waals surface area (Å²) in [6.45, 7) is 5.11. The Labute approximate surface area is 175 Å². The molecule has 0 nitrogen and oxygen atoms in total. The Morgan fingerprint density at radius 1 is 0.464 bits per heavy atom. The highest BCUT2D eigenvalue weighted by molar-refractivity contribution is 5.01. The molecule has 0 aromatic rings. The zero-order chi connectivity index (χ0) is 18.8. The average Bonchev–Trinajstić information content (AvgIpc) is 3.53. The van der Waals surface area contributed by atoms with Gasteiger partial charge in [0.15, 0.2) is 0 Å². The zero-order valence-electron chi connectivity index (χ0n) is 18.8. The van der Waals surface area contributed by atoms with Crippen molar-refractivity contribution in [2.75, 3.05) is 0 Å². The van der Waals surface area contributed by atoms with Gasteiger partial charge < -0.3 is 0 Å². The van der Waals surface area contributed by atoms with E-state index in [1.807, 2.05) is 0 Å². The van der Waals surface area contributed by atoms with Gasteiger partial charge in [-0.15, -0.1) is 0 Å². The van der Waals surface area contributed by atoms with Crippen LogP contribution in [-0.2, 0) is 0 Å². The van der Waals surface area contributed by atoms with E-state index in [4.69, 9.17) is 0 Å². The summed E-state index contributed by atoms with van der Waals surface area (Å²) in [5.74, 6) is 13.5. The molecule has 28 heavy (non-hydrogen) atoms. The number of rotatable bonds is 7. The Kier molecular flexibility index (Phi) is 4.89. The first kappa shape index (κ1) is 18.7. The van der Waals surface area contributed by atoms with Crippen LogP contribution in [0, 0.1) is 71.0 Å². The molecule has 0 aromatic carbocycles. The van der Waals surface area contributed by atoms with E-state index < -0.39 is 0 Å². The average molecular weight is 383 g/mol. The monoisotopic (exact) mass is 382 g/mol. The molecule has 6 aliphatic carbocycles. The maximum absolute atomic E-state index is 2.62. The Morgan fingerprint density at radius 3 is 1.29 bits per heavy atom. The summed E-state index contributed by atoms with van der Waals surface area (Å²) < 4.78 is 0. The molecule has 12 atom stereocenters. The molecule has 6 bridgehead atoms. The molecular weight excluding hydrogens is 336 g/mol. The molecule has 0 N–H and O–H groups in total. The van der Waals surface area contributed by atoms with Gasteiger partial charge in [0.05, 0.1) is 0 Å². The molecule has 0 heteroatoms. The van der Waals surface area contributed by atoms with Gasteiger partial charge in [-0.25, -0.2) is 0 Å². The highest BCUT2D eigenvalue weighted by Crippen LogP contribution is 2.60. The standard InChI is InChI=1S/C28H46/c1-3-24-19-6-7-21(15-19)26(24)12-13-28-23-9-8-22(16-23)27(28)11-10-25-17(2)18-4-5-20(25)14-18/h17-28H,3-16H2,1-2H3/t17-,18+,19-,20-,21+,22+,23-,24+,25-,26-,27-,28+/m0/s1. The molecule has 0 saturated heterocycles. The second kappa shape index (κ2) is 7.30. The van der Waals surface area contributed by atoms with Gasteiger partial charge in [0.2, 0.25) is 0 Å². The first-order chi connectivity index (χ1) is 13.7. The van der Waals surface area contributed by atoms with Crippen LogP contribution in [0.25, 0.3) is 0 Å². The van der Waals surface area contributed by atoms with Crippen molar-refractivity contribution < 1.29 is 0 Å². The van der Waals surface area contributed by atoms with Gasteiger partial charge in [-0.05, 0) is 154 Å². The summed E-state index contributed by atoms with van der Waals surface area (Å²) in [5.41, 5.74) is 0. The molecule has 0 spiro atoms. The molecule has 0 unspecified atom stereocenters. The van der Waals surface area contributed by atoms with Gasteiger partial charge >= 0.3 is 0 Å². The SMILES string of the molecule is CC[C@@H]1[C@H]2CC[C@H](C2)[C@@H]1CC[C@@H]1[C@H]2CC[C@H](C2)[C@@H]1CC[C@@H]1[C@H]2CC[C@H](C2)[C@@H]1C. The van der Waals surface area contributed by atoms with E-state index in [0.717, 1.165) is 71.0 Å². The lowest BCUT2D eigenvalue weighted by Gasteiger charge is -2.36. The topological polar surface area (TPSA) is 0 Å². The summed E-state index contributed by atoms with van der Waals surface area (Å²) >= 11 is 0. The van der Waals surface area contributed by atoms with Crippen LogP contribution >= 0.6 is 0 Å². The van der Waals surface area contributed by atoms with Crippen LogP contribution < -0.4 is 0 Å². The van der Waals surface area contributed by atoms with Crippen molar-refractivity contribution in [3.8, 4) is 0 Å². The summed E-state index contributed by atoms with van der Waals surface area (Å²) in [6.07, 6.45) is 22.3. The highest BCUT2D eigenvalue weighted by atomic mass is 14.6. The third-order valence-corrected chi connectivity index (χ3v) is 12.2. The van der Waals surface area contributed by atoms with Gasteiger partial charge in [-0.1, -0.05) is 20.3 Å². The molecule has 6 aliphatic rings. The van der Waals surface area contributed by atoms with Crippen molar-refractivity contribution in [2.45, 2.75) is 104 Å². The smallest absolute Gasteiger partial charge is 0.0355 e. The van der Waals surface area contributed by atoms with Crippen molar-refractivity contribution in [3.63, 3.8) is 0 Å². The number of fused-ring (bicyclic) bond motifs is 6. The fourth-order valence-corrected chi connectivity index (χ4v) is 11.0. The Bertz CT molecular complexity index is 562. The Balaban J connectivity index is 1.08. The van der Waals surface area contributed by atoms with E-state index in [-0.39, 0.29) is 0 Å². The van der Waals surface area contributed by atoms with Crippen LogP contribution in [0.1, 0.15) is 104 Å². The van der Waals surface area contributed by atoms with Crippen LogP contribution in [0.5, 0.6) is 0 Å². The van der Waals surface area contributed by atoms with E-state index in [1.165, 1.54) is 6.42 Å².